The third kappa shape index (κ3) is 1.87. The van der Waals surface area contributed by atoms with Crippen molar-refractivity contribution in [1.82, 2.24) is 10.2 Å². The van der Waals surface area contributed by atoms with Crippen molar-refractivity contribution in [3.8, 4) is 0 Å². The number of nitrogens with one attached hydrogen (secondary N) is 2. The average molecular weight is 246 g/mol. The minimum atomic E-state index is -0.157. The molecule has 2 aromatic rings. The van der Waals surface area contributed by atoms with Crippen molar-refractivity contribution >= 4 is 28.1 Å². The molecule has 0 fully saturated rings. The van der Waals surface area contributed by atoms with Gasteiger partial charge in [-0.1, -0.05) is 29.5 Å². The summed E-state index contributed by atoms with van der Waals surface area (Å²) in [5.41, 5.74) is 3.66. The molecular formula is C11H10N4OS. The number of hydrogen-bond acceptors (Lipinski definition) is 5. The Balaban J connectivity index is 1.80. The van der Waals surface area contributed by atoms with Gasteiger partial charge in [-0.05, 0) is 11.6 Å². The lowest BCUT2D eigenvalue weighted by Crippen LogP contribution is -2.22. The van der Waals surface area contributed by atoms with Crippen LogP contribution in [-0.2, 0) is 4.79 Å². The Morgan fingerprint density at radius 2 is 2.35 bits per heavy atom. The van der Waals surface area contributed by atoms with Crippen LogP contribution >= 0.6 is 11.3 Å². The summed E-state index contributed by atoms with van der Waals surface area (Å²) in [6.07, 6.45) is 0. The van der Waals surface area contributed by atoms with Crippen LogP contribution in [0.3, 0.4) is 0 Å². The average Bonchev–Trinajstić information content (AvgIpc) is 2.96. The van der Waals surface area contributed by atoms with Gasteiger partial charge in [-0.3, -0.25) is 10.1 Å². The van der Waals surface area contributed by atoms with Gasteiger partial charge in [0, 0.05) is 12.2 Å². The maximum Gasteiger partial charge on any atom is 0.235 e. The highest BCUT2D eigenvalue weighted by molar-refractivity contribution is 7.13. The molecule has 6 heteroatoms. The van der Waals surface area contributed by atoms with Crippen molar-refractivity contribution in [2.45, 2.75) is 5.92 Å². The van der Waals surface area contributed by atoms with E-state index in [-0.39, 0.29) is 11.8 Å². The van der Waals surface area contributed by atoms with Gasteiger partial charge in [-0.2, -0.15) is 0 Å². The van der Waals surface area contributed by atoms with Crippen LogP contribution in [0.2, 0.25) is 0 Å². The first-order chi connectivity index (χ1) is 8.34. The highest BCUT2D eigenvalue weighted by atomic mass is 32.1. The molecule has 3 rings (SSSR count). The number of carbonyl (C=O) groups is 1. The first kappa shape index (κ1) is 10.2. The molecule has 1 unspecified atom stereocenters. The normalized spacial score (nSPS) is 17.3. The molecular weight excluding hydrogens is 236 g/mol. The molecule has 1 atom stereocenters. The Morgan fingerprint density at radius 1 is 1.47 bits per heavy atom. The molecule has 86 valence electrons. The van der Waals surface area contributed by atoms with Crippen molar-refractivity contribution in [2.24, 2.45) is 0 Å². The predicted molar refractivity (Wildman–Crippen MR) is 66.2 cm³/mol. The molecule has 1 aromatic carbocycles. The molecule has 17 heavy (non-hydrogen) atoms. The molecule has 1 aromatic heterocycles. The SMILES string of the molecule is O=C(Nc1nncs1)C1CNc2ccccc21. The van der Waals surface area contributed by atoms with Crippen LogP contribution in [0.4, 0.5) is 10.8 Å². The summed E-state index contributed by atoms with van der Waals surface area (Å²) in [4.78, 5) is 12.1. The maximum atomic E-state index is 12.1. The second kappa shape index (κ2) is 4.14. The fourth-order valence-electron chi connectivity index (χ4n) is 1.94. The minimum Gasteiger partial charge on any atom is -0.384 e. The first-order valence-corrected chi connectivity index (χ1v) is 6.12. The minimum absolute atomic E-state index is 0.0424. The van der Waals surface area contributed by atoms with Crippen LogP contribution in [0.15, 0.2) is 29.8 Å². The van der Waals surface area contributed by atoms with Crippen molar-refractivity contribution in [1.29, 1.82) is 0 Å². The van der Waals surface area contributed by atoms with Gasteiger partial charge in [0.15, 0.2) is 0 Å². The largest absolute Gasteiger partial charge is 0.384 e. The van der Waals surface area contributed by atoms with Gasteiger partial charge in [0.2, 0.25) is 11.0 Å². The van der Waals surface area contributed by atoms with Crippen molar-refractivity contribution in [2.75, 3.05) is 17.2 Å². The standard InChI is InChI=1S/C11H10N4OS/c16-10(14-11-15-13-6-17-11)8-5-12-9-4-2-1-3-7(8)9/h1-4,6,8,12H,5H2,(H,14,15,16). The number of carbonyl (C=O) groups excluding carboxylic acids is 1. The summed E-state index contributed by atoms with van der Waals surface area (Å²) in [7, 11) is 0. The number of para-hydroxylation sites is 1. The number of anilines is 2. The fourth-order valence-corrected chi connectivity index (χ4v) is 2.39. The molecule has 2 N–H and O–H groups in total. The van der Waals surface area contributed by atoms with E-state index in [0.29, 0.717) is 11.7 Å². The fraction of sp³-hybridized carbons (Fsp3) is 0.182. The highest BCUT2D eigenvalue weighted by Crippen LogP contribution is 2.31. The monoisotopic (exact) mass is 246 g/mol. The molecule has 0 aliphatic carbocycles. The summed E-state index contributed by atoms with van der Waals surface area (Å²) in [6.45, 7) is 0.629. The molecule has 5 nitrogen and oxygen atoms in total. The number of nitrogens with zero attached hydrogens (tertiary/aromatic N) is 2. The Morgan fingerprint density at radius 3 is 3.18 bits per heavy atom. The summed E-state index contributed by atoms with van der Waals surface area (Å²) >= 11 is 1.32. The number of aromatic nitrogens is 2. The van der Waals surface area contributed by atoms with Crippen LogP contribution in [0.1, 0.15) is 11.5 Å². The topological polar surface area (TPSA) is 66.9 Å². The van der Waals surface area contributed by atoms with Crippen molar-refractivity contribution < 1.29 is 4.79 Å². The number of hydrogen-bond donors (Lipinski definition) is 2. The molecule has 1 aliphatic rings. The second-order valence-corrected chi connectivity index (χ2v) is 4.59. The van der Waals surface area contributed by atoms with Gasteiger partial charge in [0.05, 0.1) is 5.92 Å². The summed E-state index contributed by atoms with van der Waals surface area (Å²) in [6, 6.07) is 7.85. The van der Waals surface area contributed by atoms with E-state index >= 15 is 0 Å². The third-order valence-corrected chi connectivity index (χ3v) is 3.35. The summed E-state index contributed by atoms with van der Waals surface area (Å²) < 4.78 is 0. The van der Waals surface area contributed by atoms with E-state index in [1.54, 1.807) is 5.51 Å². The molecule has 0 spiro atoms. The molecule has 0 radical (unpaired) electrons. The van der Waals surface area contributed by atoms with Crippen molar-refractivity contribution in [3.63, 3.8) is 0 Å². The van der Waals surface area contributed by atoms with Crippen LogP contribution < -0.4 is 10.6 Å². The molecule has 2 heterocycles. The zero-order chi connectivity index (χ0) is 11.7. The predicted octanol–water partition coefficient (Wildman–Crippen LogP) is 1.69. The lowest BCUT2D eigenvalue weighted by atomic mass is 10.0. The van der Waals surface area contributed by atoms with Gasteiger partial charge in [0.1, 0.15) is 5.51 Å². The van der Waals surface area contributed by atoms with E-state index in [1.165, 1.54) is 11.3 Å². The van der Waals surface area contributed by atoms with E-state index in [1.807, 2.05) is 24.3 Å². The smallest absolute Gasteiger partial charge is 0.235 e. The zero-order valence-electron chi connectivity index (χ0n) is 8.88. The van der Waals surface area contributed by atoms with Crippen LogP contribution in [0.25, 0.3) is 0 Å². The van der Waals surface area contributed by atoms with Crippen LogP contribution in [0.5, 0.6) is 0 Å². The van der Waals surface area contributed by atoms with E-state index < -0.39 is 0 Å². The molecule has 0 saturated heterocycles. The van der Waals surface area contributed by atoms with Gasteiger partial charge >= 0.3 is 0 Å². The van der Waals surface area contributed by atoms with Crippen LogP contribution in [0, 0.1) is 0 Å². The van der Waals surface area contributed by atoms with Gasteiger partial charge in [-0.15, -0.1) is 10.2 Å². The second-order valence-electron chi connectivity index (χ2n) is 3.75. The molecule has 1 amide bonds. The van der Waals surface area contributed by atoms with E-state index in [9.17, 15) is 4.79 Å². The Labute approximate surface area is 102 Å². The zero-order valence-corrected chi connectivity index (χ0v) is 9.70. The van der Waals surface area contributed by atoms with Gasteiger partial charge < -0.3 is 5.32 Å². The lowest BCUT2D eigenvalue weighted by Gasteiger charge is -2.08. The summed E-state index contributed by atoms with van der Waals surface area (Å²) in [5, 5.41) is 14.0. The molecule has 0 saturated carbocycles. The first-order valence-electron chi connectivity index (χ1n) is 5.24. The molecule has 1 aliphatic heterocycles. The van der Waals surface area contributed by atoms with E-state index in [4.69, 9.17) is 0 Å². The van der Waals surface area contributed by atoms with Crippen molar-refractivity contribution in [3.05, 3.63) is 35.3 Å². The number of amides is 1. The van der Waals surface area contributed by atoms with Gasteiger partial charge in [0.25, 0.3) is 0 Å². The molecule has 0 bridgehead atoms. The lowest BCUT2D eigenvalue weighted by molar-refractivity contribution is -0.117. The number of benzene rings is 1. The Kier molecular flexibility index (Phi) is 2.49. The van der Waals surface area contributed by atoms with Gasteiger partial charge in [-0.25, -0.2) is 0 Å². The van der Waals surface area contributed by atoms with E-state index in [2.05, 4.69) is 20.8 Å². The maximum absolute atomic E-state index is 12.1. The van der Waals surface area contributed by atoms with E-state index in [0.717, 1.165) is 11.3 Å². The number of fused-ring (bicyclic) bond motifs is 1. The highest BCUT2D eigenvalue weighted by Gasteiger charge is 2.28. The Bertz CT molecular complexity index is 540. The van der Waals surface area contributed by atoms with Crippen LogP contribution in [-0.4, -0.2) is 22.6 Å². The third-order valence-electron chi connectivity index (χ3n) is 2.74. The number of rotatable bonds is 2. The summed E-state index contributed by atoms with van der Waals surface area (Å²) in [5.74, 6) is -0.200. The quantitative estimate of drug-likeness (QED) is 0.846. The Hall–Kier alpha value is -1.95.